The lowest BCUT2D eigenvalue weighted by Crippen LogP contribution is -2.30. The van der Waals surface area contributed by atoms with Gasteiger partial charge in [-0.25, -0.2) is 29.0 Å². The summed E-state index contributed by atoms with van der Waals surface area (Å²) >= 11 is 6.69. The normalized spacial score (nSPS) is 16.6. The Morgan fingerprint density at radius 3 is 2.70 bits per heavy atom. The number of hydrogen-bond donors (Lipinski definition) is 0. The molecule has 0 unspecified atom stereocenters. The Hall–Kier alpha value is -3.32. The molecule has 3 aromatic heterocycles. The van der Waals surface area contributed by atoms with E-state index >= 15 is 0 Å². The lowest BCUT2D eigenvalue weighted by molar-refractivity contribution is -0.136. The van der Waals surface area contributed by atoms with Crippen molar-refractivity contribution in [1.82, 2.24) is 19.5 Å². The van der Waals surface area contributed by atoms with Gasteiger partial charge >= 0.3 is 12.3 Å². The van der Waals surface area contributed by atoms with Gasteiger partial charge in [-0.1, -0.05) is 11.6 Å². The molecule has 4 heterocycles. The molecule has 0 aliphatic carbocycles. The first-order valence-electron chi connectivity index (χ1n) is 9.11. The van der Waals surface area contributed by atoms with Crippen molar-refractivity contribution in [2.75, 3.05) is 11.5 Å². The SMILES string of the molecule is O=C1OC[C@@H](c2nc(F)cn2-c2ccc(F)c(Cl)c2)N1c1cc(C(F)(F)F)c2ncsc2n1. The fraction of sp³-hybridized carbons (Fsp3) is 0.158. The van der Waals surface area contributed by atoms with Gasteiger partial charge in [0, 0.05) is 5.69 Å². The molecule has 1 atom stereocenters. The summed E-state index contributed by atoms with van der Waals surface area (Å²) in [6, 6.07) is 3.12. The monoisotopic (exact) mass is 501 g/mol. The first-order valence-corrected chi connectivity index (χ1v) is 10.4. The van der Waals surface area contributed by atoms with Crippen LogP contribution >= 0.6 is 22.9 Å². The Morgan fingerprint density at radius 1 is 1.18 bits per heavy atom. The number of alkyl halides is 3. The third-order valence-electron chi connectivity index (χ3n) is 4.90. The number of cyclic esters (lactones) is 1. The first-order chi connectivity index (χ1) is 15.6. The van der Waals surface area contributed by atoms with Crippen LogP contribution in [0.2, 0.25) is 5.02 Å². The number of thiazole rings is 1. The number of ether oxygens (including phenoxy) is 1. The van der Waals surface area contributed by atoms with Gasteiger partial charge in [0.05, 0.1) is 22.3 Å². The summed E-state index contributed by atoms with van der Waals surface area (Å²) in [7, 11) is 0. The molecule has 170 valence electrons. The second kappa shape index (κ2) is 7.63. The Kier molecular flexibility index (Phi) is 4.97. The van der Waals surface area contributed by atoms with Crippen LogP contribution in [-0.4, -0.2) is 32.2 Å². The van der Waals surface area contributed by atoms with Crippen molar-refractivity contribution in [3.63, 3.8) is 0 Å². The van der Waals surface area contributed by atoms with Gasteiger partial charge in [-0.05, 0) is 24.3 Å². The molecule has 7 nitrogen and oxygen atoms in total. The number of carbonyl (C=O) groups is 1. The number of pyridine rings is 1. The molecule has 1 aliphatic rings. The zero-order valence-electron chi connectivity index (χ0n) is 16.0. The van der Waals surface area contributed by atoms with Gasteiger partial charge in [-0.15, -0.1) is 11.3 Å². The minimum atomic E-state index is -4.77. The molecule has 0 bridgehead atoms. The van der Waals surface area contributed by atoms with E-state index < -0.39 is 35.6 Å². The zero-order valence-corrected chi connectivity index (χ0v) is 17.5. The van der Waals surface area contributed by atoms with E-state index in [4.69, 9.17) is 16.3 Å². The molecule has 1 aromatic carbocycles. The maximum absolute atomic E-state index is 14.2. The highest BCUT2D eigenvalue weighted by Crippen LogP contribution is 2.40. The largest absolute Gasteiger partial charge is 0.446 e. The van der Waals surface area contributed by atoms with Gasteiger partial charge in [-0.2, -0.15) is 17.6 Å². The van der Waals surface area contributed by atoms with E-state index in [1.165, 1.54) is 22.2 Å². The average molecular weight is 502 g/mol. The molecule has 33 heavy (non-hydrogen) atoms. The summed E-state index contributed by atoms with van der Waals surface area (Å²) in [4.78, 5) is 25.0. The van der Waals surface area contributed by atoms with E-state index in [1.807, 2.05) is 0 Å². The minimum Gasteiger partial charge on any atom is -0.446 e. The Morgan fingerprint density at radius 2 is 1.97 bits per heavy atom. The standard InChI is InChI=1S/C19H9ClF5N5O2S/c20-10-3-8(1-2-11(10)21)29-5-13(22)27-16(29)12-6-32-18(31)30(12)14-4-9(19(23,24)25)15-17(28-14)33-7-26-15/h1-5,7,12H,6H2/t12-/m0/s1. The summed E-state index contributed by atoms with van der Waals surface area (Å²) in [6.07, 6.45) is -4.78. The van der Waals surface area contributed by atoms with Crippen molar-refractivity contribution in [2.45, 2.75) is 12.2 Å². The number of nitrogens with zero attached hydrogens (tertiary/aromatic N) is 5. The van der Waals surface area contributed by atoms with E-state index in [2.05, 4.69) is 15.0 Å². The van der Waals surface area contributed by atoms with Crippen LogP contribution in [0, 0.1) is 11.8 Å². The molecule has 1 aliphatic heterocycles. The van der Waals surface area contributed by atoms with E-state index in [-0.39, 0.29) is 39.3 Å². The van der Waals surface area contributed by atoms with E-state index in [0.717, 1.165) is 28.5 Å². The van der Waals surface area contributed by atoms with Gasteiger partial charge in [0.2, 0.25) is 5.95 Å². The number of hydrogen-bond acceptors (Lipinski definition) is 6. The third-order valence-corrected chi connectivity index (χ3v) is 5.91. The van der Waals surface area contributed by atoms with Crippen LogP contribution in [0.3, 0.4) is 0 Å². The molecule has 0 radical (unpaired) electrons. The van der Waals surface area contributed by atoms with Gasteiger partial charge in [0.15, 0.2) is 0 Å². The lowest BCUT2D eigenvalue weighted by Gasteiger charge is -2.22. The quantitative estimate of drug-likeness (QED) is 0.345. The second-order valence-corrected chi connectivity index (χ2v) is 8.13. The molecule has 14 heteroatoms. The number of anilines is 1. The lowest BCUT2D eigenvalue weighted by atomic mass is 10.2. The smallest absolute Gasteiger partial charge is 0.418 e. The Labute approximate surface area is 190 Å². The maximum Gasteiger partial charge on any atom is 0.418 e. The molecule has 1 saturated heterocycles. The topological polar surface area (TPSA) is 73.1 Å². The van der Waals surface area contributed by atoms with Crippen LogP contribution in [0.5, 0.6) is 0 Å². The Balaban J connectivity index is 1.65. The number of amides is 1. The molecule has 5 rings (SSSR count). The van der Waals surface area contributed by atoms with Gasteiger partial charge in [-0.3, -0.25) is 4.57 Å². The van der Waals surface area contributed by atoms with Crippen molar-refractivity contribution < 1.29 is 31.5 Å². The fourth-order valence-corrected chi connectivity index (χ4v) is 4.34. The van der Waals surface area contributed by atoms with Crippen molar-refractivity contribution in [3.05, 3.63) is 64.1 Å². The fourth-order valence-electron chi connectivity index (χ4n) is 3.48. The van der Waals surface area contributed by atoms with E-state index in [1.54, 1.807) is 0 Å². The number of rotatable bonds is 3. The number of fused-ring (bicyclic) bond motifs is 1. The number of imidazole rings is 1. The summed E-state index contributed by atoms with van der Waals surface area (Å²) < 4.78 is 74.9. The molecule has 1 fully saturated rings. The van der Waals surface area contributed by atoms with E-state index in [9.17, 15) is 26.7 Å². The molecular formula is C19H9ClF5N5O2S. The zero-order chi connectivity index (χ0) is 23.5. The predicted octanol–water partition coefficient (Wildman–Crippen LogP) is 5.53. The van der Waals surface area contributed by atoms with Crippen LogP contribution in [0.15, 0.2) is 36.0 Å². The third kappa shape index (κ3) is 3.66. The maximum atomic E-state index is 14.2. The highest BCUT2D eigenvalue weighted by Gasteiger charge is 2.42. The summed E-state index contributed by atoms with van der Waals surface area (Å²) in [5, 5.41) is -0.240. The second-order valence-electron chi connectivity index (χ2n) is 6.88. The summed E-state index contributed by atoms with van der Waals surface area (Å²) in [5.41, 5.74) is -0.0125. The molecule has 0 spiro atoms. The highest BCUT2D eigenvalue weighted by atomic mass is 35.5. The molecular weight excluding hydrogens is 493 g/mol. The van der Waals surface area contributed by atoms with Gasteiger partial charge in [0.25, 0.3) is 0 Å². The Bertz CT molecular complexity index is 1410. The molecule has 1 amide bonds. The van der Waals surface area contributed by atoms with Crippen molar-refractivity contribution in [3.8, 4) is 5.69 Å². The number of aromatic nitrogens is 4. The van der Waals surface area contributed by atoms with Gasteiger partial charge < -0.3 is 4.74 Å². The van der Waals surface area contributed by atoms with Crippen molar-refractivity contribution >= 4 is 45.2 Å². The molecule has 4 aromatic rings. The number of halogens is 6. The van der Waals surface area contributed by atoms with Crippen LogP contribution in [0.4, 0.5) is 32.6 Å². The predicted molar refractivity (Wildman–Crippen MR) is 107 cm³/mol. The van der Waals surface area contributed by atoms with Gasteiger partial charge in [0.1, 0.15) is 40.5 Å². The number of benzene rings is 1. The highest BCUT2D eigenvalue weighted by molar-refractivity contribution is 7.16. The van der Waals surface area contributed by atoms with Crippen LogP contribution < -0.4 is 4.90 Å². The van der Waals surface area contributed by atoms with E-state index in [0.29, 0.717) is 6.07 Å². The molecule has 0 saturated carbocycles. The first kappa shape index (κ1) is 21.5. The summed E-state index contributed by atoms with van der Waals surface area (Å²) in [5.74, 6) is -2.09. The van der Waals surface area contributed by atoms with Crippen LogP contribution in [0.1, 0.15) is 17.4 Å². The minimum absolute atomic E-state index is 0.0434. The van der Waals surface area contributed by atoms with Crippen molar-refractivity contribution in [2.24, 2.45) is 0 Å². The van der Waals surface area contributed by atoms with Crippen LogP contribution in [0.25, 0.3) is 16.0 Å². The van der Waals surface area contributed by atoms with Crippen LogP contribution in [-0.2, 0) is 10.9 Å². The summed E-state index contributed by atoms with van der Waals surface area (Å²) in [6.45, 7) is -0.339. The molecule has 0 N–H and O–H groups in total. The number of carbonyl (C=O) groups excluding carboxylic acids is 1. The van der Waals surface area contributed by atoms with Crippen molar-refractivity contribution in [1.29, 1.82) is 0 Å². The average Bonchev–Trinajstić information content (AvgIpc) is 3.46.